The van der Waals surface area contributed by atoms with Crippen molar-refractivity contribution in [3.05, 3.63) is 24.3 Å². The van der Waals surface area contributed by atoms with E-state index in [1.54, 1.807) is 12.4 Å². The van der Waals surface area contributed by atoms with Crippen LogP contribution in [-0.2, 0) is 4.84 Å². The third-order valence-electron chi connectivity index (χ3n) is 3.95. The summed E-state index contributed by atoms with van der Waals surface area (Å²) in [6, 6.07) is 0.325. The highest BCUT2D eigenvalue weighted by Crippen LogP contribution is 2.37. The fourth-order valence-electron chi connectivity index (χ4n) is 3.21. The summed E-state index contributed by atoms with van der Waals surface area (Å²) in [7, 11) is 0. The van der Waals surface area contributed by atoms with E-state index < -0.39 is 0 Å². The number of aromatic nitrogens is 2. The lowest BCUT2D eigenvalue weighted by Gasteiger charge is -2.35. The van der Waals surface area contributed by atoms with Gasteiger partial charge in [-0.1, -0.05) is 13.8 Å². The first kappa shape index (κ1) is 17.3. The van der Waals surface area contributed by atoms with Crippen LogP contribution in [-0.4, -0.2) is 27.3 Å². The van der Waals surface area contributed by atoms with E-state index in [1.807, 2.05) is 6.20 Å². The molecule has 0 aromatic carbocycles. The molecule has 5 nitrogen and oxygen atoms in total. The summed E-state index contributed by atoms with van der Waals surface area (Å²) >= 11 is 0. The molecule has 0 amide bonds. The predicted molar refractivity (Wildman–Crippen MR) is 88.1 cm³/mol. The Labute approximate surface area is 134 Å². The maximum atomic E-state index is 5.90. The Morgan fingerprint density at radius 2 is 2.14 bits per heavy atom. The minimum Gasteiger partial charge on any atom is -0.294 e. The molecule has 2 heterocycles. The van der Waals surface area contributed by atoms with Gasteiger partial charge in [0, 0.05) is 30.6 Å². The fraction of sp³-hybridized carbons (Fsp3) is 0.765. The quantitative estimate of drug-likeness (QED) is 0.819. The molecule has 0 unspecified atom stereocenters. The number of hydrogen-bond donors (Lipinski definition) is 2. The van der Waals surface area contributed by atoms with Crippen LogP contribution in [0.5, 0.6) is 0 Å². The molecular formula is C17H30N4O. The minimum absolute atomic E-state index is 0.219. The third-order valence-corrected chi connectivity index (χ3v) is 3.95. The Balaban J connectivity index is 2.17. The van der Waals surface area contributed by atoms with Crippen molar-refractivity contribution in [3.63, 3.8) is 0 Å². The second-order valence-electron chi connectivity index (χ2n) is 7.87. The van der Waals surface area contributed by atoms with E-state index >= 15 is 0 Å². The molecule has 124 valence electrons. The smallest absolute Gasteiger partial charge is 0.0934 e. The molecule has 1 fully saturated rings. The molecule has 22 heavy (non-hydrogen) atoms. The molecular weight excluding hydrogens is 276 g/mol. The molecule has 2 N–H and O–H groups in total. The van der Waals surface area contributed by atoms with E-state index in [9.17, 15) is 0 Å². The zero-order valence-electron chi connectivity index (χ0n) is 14.7. The summed E-state index contributed by atoms with van der Waals surface area (Å²) in [5.41, 5.74) is 3.94. The zero-order chi connectivity index (χ0) is 16.4. The first-order valence-electron chi connectivity index (χ1n) is 8.19. The van der Waals surface area contributed by atoms with Crippen LogP contribution in [0.3, 0.4) is 0 Å². The number of nitrogens with zero attached hydrogens (tertiary/aromatic N) is 2. The molecule has 0 aliphatic carbocycles. The van der Waals surface area contributed by atoms with E-state index in [0.717, 1.165) is 18.5 Å². The summed E-state index contributed by atoms with van der Waals surface area (Å²) in [4.78, 5) is 14.6. The Morgan fingerprint density at radius 3 is 2.68 bits per heavy atom. The van der Waals surface area contributed by atoms with Gasteiger partial charge in [0.25, 0.3) is 0 Å². The van der Waals surface area contributed by atoms with Gasteiger partial charge in [0.1, 0.15) is 0 Å². The highest BCUT2D eigenvalue weighted by Gasteiger charge is 2.45. The van der Waals surface area contributed by atoms with Crippen LogP contribution in [0.4, 0.5) is 0 Å². The van der Waals surface area contributed by atoms with Gasteiger partial charge in [-0.25, -0.2) is 0 Å². The van der Waals surface area contributed by atoms with Gasteiger partial charge in [-0.2, -0.15) is 5.48 Å². The largest absolute Gasteiger partial charge is 0.294 e. The van der Waals surface area contributed by atoms with Gasteiger partial charge in [0.15, 0.2) is 0 Å². The van der Waals surface area contributed by atoms with Crippen molar-refractivity contribution in [1.29, 1.82) is 0 Å². The fourth-order valence-corrected chi connectivity index (χ4v) is 3.21. The van der Waals surface area contributed by atoms with Gasteiger partial charge in [-0.05, 0) is 46.5 Å². The molecule has 0 radical (unpaired) electrons. The average Bonchev–Trinajstić information content (AvgIpc) is 2.73. The second kappa shape index (κ2) is 6.60. The molecule has 1 aromatic rings. The van der Waals surface area contributed by atoms with Crippen molar-refractivity contribution < 1.29 is 4.84 Å². The Hall–Kier alpha value is -1.04. The molecule has 1 aliphatic heterocycles. The van der Waals surface area contributed by atoms with Gasteiger partial charge in [0.05, 0.1) is 17.0 Å². The average molecular weight is 306 g/mol. The van der Waals surface area contributed by atoms with Gasteiger partial charge < -0.3 is 0 Å². The molecule has 0 spiro atoms. The normalized spacial score (nSPS) is 29.2. The van der Waals surface area contributed by atoms with Crippen LogP contribution in [0.25, 0.3) is 0 Å². The lowest BCUT2D eigenvalue weighted by molar-refractivity contribution is -0.122. The van der Waals surface area contributed by atoms with Crippen molar-refractivity contribution in [2.75, 3.05) is 0 Å². The van der Waals surface area contributed by atoms with Crippen LogP contribution in [0.15, 0.2) is 18.6 Å². The van der Waals surface area contributed by atoms with Crippen LogP contribution < -0.4 is 10.8 Å². The second-order valence-corrected chi connectivity index (χ2v) is 7.87. The molecule has 1 saturated heterocycles. The van der Waals surface area contributed by atoms with Crippen LogP contribution in [0.2, 0.25) is 0 Å². The van der Waals surface area contributed by atoms with Crippen molar-refractivity contribution >= 4 is 0 Å². The zero-order valence-corrected chi connectivity index (χ0v) is 14.7. The van der Waals surface area contributed by atoms with Crippen LogP contribution in [0, 0.1) is 5.92 Å². The minimum atomic E-state index is -0.223. The summed E-state index contributed by atoms with van der Waals surface area (Å²) < 4.78 is 0. The van der Waals surface area contributed by atoms with Gasteiger partial charge in [0.2, 0.25) is 0 Å². The molecule has 3 atom stereocenters. The number of hydroxylamine groups is 1. The van der Waals surface area contributed by atoms with Crippen LogP contribution >= 0.6 is 0 Å². The SMILES string of the molecule is CC(C)C[C@@]1(NOC(C)(C)C)C[C@H](c2cnccn2)[C@H](C)N1. The highest BCUT2D eigenvalue weighted by molar-refractivity contribution is 5.14. The van der Waals surface area contributed by atoms with Gasteiger partial charge in [-0.3, -0.25) is 20.1 Å². The molecule has 0 saturated carbocycles. The first-order valence-corrected chi connectivity index (χ1v) is 8.19. The Morgan fingerprint density at radius 1 is 1.41 bits per heavy atom. The van der Waals surface area contributed by atoms with Crippen LogP contribution in [0.1, 0.15) is 66.0 Å². The standard InChI is InChI=1S/C17H30N4O/c1-12(2)9-17(21-22-16(4,5)6)10-14(13(3)20-17)15-11-18-7-8-19-15/h7-8,11-14,20-21H,9-10H2,1-6H3/t13-,14-,17+/m0/s1. The topological polar surface area (TPSA) is 59.1 Å². The third kappa shape index (κ3) is 4.48. The molecule has 5 heteroatoms. The lowest BCUT2D eigenvalue weighted by atomic mass is 9.90. The molecule has 0 bridgehead atoms. The molecule has 2 rings (SSSR count). The summed E-state index contributed by atoms with van der Waals surface area (Å²) in [5, 5.41) is 3.72. The summed E-state index contributed by atoms with van der Waals surface area (Å²) in [5.74, 6) is 0.903. The summed E-state index contributed by atoms with van der Waals surface area (Å²) in [6.45, 7) is 12.9. The Kier molecular flexibility index (Phi) is 5.20. The highest BCUT2D eigenvalue weighted by atomic mass is 16.7. The maximum absolute atomic E-state index is 5.90. The lowest BCUT2D eigenvalue weighted by Crippen LogP contribution is -2.56. The number of hydrogen-bond acceptors (Lipinski definition) is 5. The predicted octanol–water partition coefficient (Wildman–Crippen LogP) is 3.00. The van der Waals surface area contributed by atoms with Crippen molar-refractivity contribution in [2.24, 2.45) is 5.92 Å². The monoisotopic (exact) mass is 306 g/mol. The van der Waals surface area contributed by atoms with E-state index in [1.165, 1.54) is 0 Å². The molecule has 1 aromatic heterocycles. The van der Waals surface area contributed by atoms with Crippen molar-refractivity contribution in [1.82, 2.24) is 20.8 Å². The van der Waals surface area contributed by atoms with Gasteiger partial charge >= 0.3 is 0 Å². The maximum Gasteiger partial charge on any atom is 0.0934 e. The van der Waals surface area contributed by atoms with Crippen molar-refractivity contribution in [2.45, 2.75) is 77.6 Å². The van der Waals surface area contributed by atoms with E-state index in [-0.39, 0.29) is 11.3 Å². The Bertz CT molecular complexity index is 471. The summed E-state index contributed by atoms with van der Waals surface area (Å²) in [6.07, 6.45) is 7.31. The van der Waals surface area contributed by atoms with Gasteiger partial charge in [-0.15, -0.1) is 0 Å². The number of rotatable bonds is 5. The van der Waals surface area contributed by atoms with E-state index in [2.05, 4.69) is 62.3 Å². The van der Waals surface area contributed by atoms with Crippen molar-refractivity contribution in [3.8, 4) is 0 Å². The first-order chi connectivity index (χ1) is 10.2. The number of nitrogens with one attached hydrogen (secondary N) is 2. The van der Waals surface area contributed by atoms with E-state index in [0.29, 0.717) is 17.9 Å². The van der Waals surface area contributed by atoms with E-state index in [4.69, 9.17) is 4.84 Å². The molecule has 1 aliphatic rings.